The predicted octanol–water partition coefficient (Wildman–Crippen LogP) is 4.00. The molecule has 1 N–H and O–H groups in total. The predicted molar refractivity (Wildman–Crippen MR) is 84.6 cm³/mol. The Morgan fingerprint density at radius 1 is 0.810 bits per heavy atom. The average Bonchev–Trinajstić information content (AvgIpc) is 2.55. The molecule has 0 spiro atoms. The van der Waals surface area contributed by atoms with Gasteiger partial charge in [0.25, 0.3) is 0 Å². The van der Waals surface area contributed by atoms with Crippen molar-refractivity contribution in [3.8, 4) is 11.5 Å². The summed E-state index contributed by atoms with van der Waals surface area (Å²) in [5.41, 5.74) is 1.87. The van der Waals surface area contributed by atoms with Gasteiger partial charge in [0, 0.05) is 28.9 Å². The summed E-state index contributed by atoms with van der Waals surface area (Å²) in [6, 6.07) is 13.7. The number of nitrogens with zero attached hydrogens (tertiary/aromatic N) is 1. The average molecular weight is 280 g/mol. The maximum absolute atomic E-state index is 5.40. The molecule has 0 bridgehead atoms. The third kappa shape index (κ3) is 2.48. The lowest BCUT2D eigenvalue weighted by Crippen LogP contribution is -1.96. The molecule has 0 amide bonds. The van der Waals surface area contributed by atoms with Crippen LogP contribution < -0.4 is 14.8 Å². The monoisotopic (exact) mass is 280 g/mol. The van der Waals surface area contributed by atoms with Gasteiger partial charge in [0.05, 0.1) is 19.9 Å². The van der Waals surface area contributed by atoms with Crippen molar-refractivity contribution in [3.63, 3.8) is 0 Å². The van der Waals surface area contributed by atoms with Crippen LogP contribution in [0.4, 0.5) is 11.4 Å². The molecule has 0 atom stereocenters. The van der Waals surface area contributed by atoms with E-state index in [2.05, 4.69) is 10.3 Å². The molecule has 21 heavy (non-hydrogen) atoms. The van der Waals surface area contributed by atoms with E-state index in [9.17, 15) is 0 Å². The Labute approximate surface area is 123 Å². The van der Waals surface area contributed by atoms with E-state index in [1.54, 1.807) is 20.4 Å². The van der Waals surface area contributed by atoms with Crippen molar-refractivity contribution in [1.82, 2.24) is 4.98 Å². The molecular formula is C17H16N2O2. The van der Waals surface area contributed by atoms with Crippen molar-refractivity contribution in [2.24, 2.45) is 0 Å². The van der Waals surface area contributed by atoms with Crippen molar-refractivity contribution in [3.05, 3.63) is 54.9 Å². The van der Waals surface area contributed by atoms with Gasteiger partial charge in [-0.05, 0) is 30.3 Å². The number of fused-ring (bicyclic) bond motifs is 1. The zero-order chi connectivity index (χ0) is 14.7. The summed E-state index contributed by atoms with van der Waals surface area (Å²) in [6.45, 7) is 0. The number of methoxy groups -OCH3 is 2. The van der Waals surface area contributed by atoms with Gasteiger partial charge in [0.2, 0.25) is 0 Å². The Morgan fingerprint density at radius 3 is 2.43 bits per heavy atom. The van der Waals surface area contributed by atoms with Gasteiger partial charge in [0.15, 0.2) is 0 Å². The maximum Gasteiger partial charge on any atom is 0.142 e. The zero-order valence-corrected chi connectivity index (χ0v) is 12.0. The SMILES string of the molecule is COc1ccccc1Nc1ccc(OC)c2ccncc12. The molecule has 4 heteroatoms. The van der Waals surface area contributed by atoms with Crippen LogP contribution in [0, 0.1) is 0 Å². The van der Waals surface area contributed by atoms with E-state index in [0.29, 0.717) is 0 Å². The molecule has 106 valence electrons. The maximum atomic E-state index is 5.40. The quantitative estimate of drug-likeness (QED) is 0.784. The standard InChI is InChI=1S/C17H16N2O2/c1-20-16-8-7-14(13-11-18-10-9-12(13)16)19-15-5-3-4-6-17(15)21-2/h3-11,19H,1-2H3. The van der Waals surface area contributed by atoms with E-state index in [0.717, 1.165) is 33.6 Å². The van der Waals surface area contributed by atoms with Crippen LogP contribution in [0.3, 0.4) is 0 Å². The first-order valence-corrected chi connectivity index (χ1v) is 6.64. The van der Waals surface area contributed by atoms with Crippen molar-refractivity contribution in [1.29, 1.82) is 0 Å². The van der Waals surface area contributed by atoms with E-state index in [1.165, 1.54) is 0 Å². The Hall–Kier alpha value is -2.75. The number of ether oxygens (including phenoxy) is 2. The molecule has 0 radical (unpaired) electrons. The number of aromatic nitrogens is 1. The minimum absolute atomic E-state index is 0.797. The van der Waals surface area contributed by atoms with Gasteiger partial charge >= 0.3 is 0 Å². The number of benzene rings is 2. The highest BCUT2D eigenvalue weighted by Gasteiger charge is 2.08. The first kappa shape index (κ1) is 13.2. The highest BCUT2D eigenvalue weighted by Crippen LogP contribution is 2.34. The Kier molecular flexibility index (Phi) is 3.60. The lowest BCUT2D eigenvalue weighted by Gasteiger charge is -2.14. The fraction of sp³-hybridized carbons (Fsp3) is 0.118. The Balaban J connectivity index is 2.09. The third-order valence-electron chi connectivity index (χ3n) is 3.37. The largest absolute Gasteiger partial charge is 0.496 e. The molecule has 0 fully saturated rings. The molecule has 4 nitrogen and oxygen atoms in total. The molecule has 1 heterocycles. The molecule has 3 rings (SSSR count). The molecule has 1 aromatic heterocycles. The van der Waals surface area contributed by atoms with Crippen LogP contribution in [-0.2, 0) is 0 Å². The van der Waals surface area contributed by atoms with E-state index in [-0.39, 0.29) is 0 Å². The van der Waals surface area contributed by atoms with Gasteiger partial charge in [-0.15, -0.1) is 0 Å². The highest BCUT2D eigenvalue weighted by atomic mass is 16.5. The van der Waals surface area contributed by atoms with Crippen molar-refractivity contribution in [2.75, 3.05) is 19.5 Å². The number of para-hydroxylation sites is 2. The molecule has 0 aliphatic rings. The summed E-state index contributed by atoms with van der Waals surface area (Å²) in [4.78, 5) is 4.21. The summed E-state index contributed by atoms with van der Waals surface area (Å²) < 4.78 is 10.8. The lowest BCUT2D eigenvalue weighted by molar-refractivity contribution is 0.417. The number of rotatable bonds is 4. The molecule has 2 aromatic carbocycles. The first-order valence-electron chi connectivity index (χ1n) is 6.64. The summed E-state index contributed by atoms with van der Waals surface area (Å²) in [6.07, 6.45) is 3.59. The van der Waals surface area contributed by atoms with Gasteiger partial charge in [-0.25, -0.2) is 0 Å². The molecule has 0 aliphatic heterocycles. The smallest absolute Gasteiger partial charge is 0.142 e. The minimum atomic E-state index is 0.797. The van der Waals surface area contributed by atoms with Crippen LogP contribution in [0.2, 0.25) is 0 Å². The van der Waals surface area contributed by atoms with Crippen molar-refractivity contribution >= 4 is 22.1 Å². The summed E-state index contributed by atoms with van der Waals surface area (Å²) in [5, 5.41) is 5.42. The third-order valence-corrected chi connectivity index (χ3v) is 3.37. The molecule has 0 saturated carbocycles. The molecular weight excluding hydrogens is 264 g/mol. The zero-order valence-electron chi connectivity index (χ0n) is 12.0. The Morgan fingerprint density at radius 2 is 1.62 bits per heavy atom. The molecule has 0 saturated heterocycles. The van der Waals surface area contributed by atoms with Crippen LogP contribution in [0.25, 0.3) is 10.8 Å². The van der Waals surface area contributed by atoms with E-state index >= 15 is 0 Å². The fourth-order valence-corrected chi connectivity index (χ4v) is 2.34. The number of hydrogen-bond acceptors (Lipinski definition) is 4. The van der Waals surface area contributed by atoms with Crippen LogP contribution in [0.15, 0.2) is 54.9 Å². The van der Waals surface area contributed by atoms with Crippen molar-refractivity contribution in [2.45, 2.75) is 0 Å². The number of nitrogens with one attached hydrogen (secondary N) is 1. The number of hydrogen-bond donors (Lipinski definition) is 1. The minimum Gasteiger partial charge on any atom is -0.496 e. The molecule has 0 unspecified atom stereocenters. The Bertz CT molecular complexity index is 772. The van der Waals surface area contributed by atoms with Crippen LogP contribution in [0.5, 0.6) is 11.5 Å². The second-order valence-corrected chi connectivity index (χ2v) is 4.56. The van der Waals surface area contributed by atoms with Crippen LogP contribution >= 0.6 is 0 Å². The van der Waals surface area contributed by atoms with Gasteiger partial charge < -0.3 is 14.8 Å². The van der Waals surface area contributed by atoms with E-state index in [4.69, 9.17) is 9.47 Å². The second-order valence-electron chi connectivity index (χ2n) is 4.56. The topological polar surface area (TPSA) is 43.4 Å². The molecule has 3 aromatic rings. The van der Waals surface area contributed by atoms with Crippen LogP contribution in [0.1, 0.15) is 0 Å². The normalized spacial score (nSPS) is 10.4. The summed E-state index contributed by atoms with van der Waals surface area (Å²) >= 11 is 0. The van der Waals surface area contributed by atoms with Gasteiger partial charge in [-0.2, -0.15) is 0 Å². The summed E-state index contributed by atoms with van der Waals surface area (Å²) in [7, 11) is 3.33. The van der Waals surface area contributed by atoms with Gasteiger partial charge in [0.1, 0.15) is 11.5 Å². The van der Waals surface area contributed by atoms with E-state index < -0.39 is 0 Å². The number of anilines is 2. The van der Waals surface area contributed by atoms with E-state index in [1.807, 2.05) is 48.7 Å². The number of pyridine rings is 1. The van der Waals surface area contributed by atoms with Gasteiger partial charge in [-0.1, -0.05) is 12.1 Å². The van der Waals surface area contributed by atoms with Crippen molar-refractivity contribution < 1.29 is 9.47 Å². The lowest BCUT2D eigenvalue weighted by atomic mass is 10.1. The second kappa shape index (κ2) is 5.71. The fourth-order valence-electron chi connectivity index (χ4n) is 2.34. The van der Waals surface area contributed by atoms with Gasteiger partial charge in [-0.3, -0.25) is 4.98 Å². The summed E-state index contributed by atoms with van der Waals surface area (Å²) in [5.74, 6) is 1.63. The first-order chi connectivity index (χ1) is 10.3. The van der Waals surface area contributed by atoms with Crippen LogP contribution in [-0.4, -0.2) is 19.2 Å². The molecule has 0 aliphatic carbocycles. The highest BCUT2D eigenvalue weighted by molar-refractivity contribution is 5.98.